The van der Waals surface area contributed by atoms with E-state index in [1.165, 1.54) is 0 Å². The molecule has 0 spiro atoms. The lowest BCUT2D eigenvalue weighted by atomic mass is 10.0. The van der Waals surface area contributed by atoms with Crippen LogP contribution in [0.15, 0.2) is 24.3 Å². The molecule has 0 unspecified atom stereocenters. The van der Waals surface area contributed by atoms with Gasteiger partial charge in [0.25, 0.3) is 5.24 Å². The Labute approximate surface area is 209 Å². The lowest BCUT2D eigenvalue weighted by Gasteiger charge is -2.29. The smallest absolute Gasteiger partial charge is 0.407 e. The minimum atomic E-state index is -0.644. The van der Waals surface area contributed by atoms with Crippen LogP contribution in [-0.2, 0) is 20.7 Å². The molecule has 0 aliphatic carbocycles. The number of fused-ring (bicyclic) bond motifs is 1. The van der Waals surface area contributed by atoms with Crippen LogP contribution in [0.1, 0.15) is 45.6 Å². The van der Waals surface area contributed by atoms with Gasteiger partial charge in [-0.2, -0.15) is 11.8 Å². The molecule has 0 bridgehead atoms. The van der Waals surface area contributed by atoms with E-state index < -0.39 is 28.9 Å². The third-order valence-electron chi connectivity index (χ3n) is 4.87. The van der Waals surface area contributed by atoms with E-state index in [4.69, 9.17) is 4.74 Å². The van der Waals surface area contributed by atoms with Crippen molar-refractivity contribution < 1.29 is 23.9 Å². The number of nitrogens with zero attached hydrogens (tertiary/aromatic N) is 1. The summed E-state index contributed by atoms with van der Waals surface area (Å²) in [5.74, 6) is 0.106. The molecule has 1 aromatic rings. The number of anilines is 1. The van der Waals surface area contributed by atoms with Crippen molar-refractivity contribution in [2.24, 2.45) is 0 Å². The first kappa shape index (κ1) is 27.8. The number of carbonyl (C=O) groups excluding carboxylic acids is 4. The zero-order valence-corrected chi connectivity index (χ0v) is 21.8. The summed E-state index contributed by atoms with van der Waals surface area (Å²) in [6.07, 6.45) is 3.71. The van der Waals surface area contributed by atoms with E-state index in [9.17, 15) is 19.2 Å². The highest BCUT2D eigenvalue weighted by atomic mass is 32.2. The second-order valence-corrected chi connectivity index (χ2v) is 10.8. The number of alkyl carbamates (subject to hydrolysis) is 1. The molecule has 1 heterocycles. The van der Waals surface area contributed by atoms with Crippen molar-refractivity contribution in [3.05, 3.63) is 29.8 Å². The SMILES string of the molecule is CSCC[C@@H](CC(=O)NNC(=O)SCC(=O)N1CCCc2ccccc21)NC(=O)OC(C)(C)C. The van der Waals surface area contributed by atoms with E-state index in [0.29, 0.717) is 13.0 Å². The molecule has 0 saturated carbocycles. The normalized spacial score (nSPS) is 13.9. The average Bonchev–Trinajstić information content (AvgIpc) is 2.78. The summed E-state index contributed by atoms with van der Waals surface area (Å²) in [4.78, 5) is 50.8. The number of carbonyl (C=O) groups is 4. The number of hydrogen-bond donors (Lipinski definition) is 3. The van der Waals surface area contributed by atoms with E-state index in [1.807, 2.05) is 30.5 Å². The largest absolute Gasteiger partial charge is 0.444 e. The number of amides is 4. The summed E-state index contributed by atoms with van der Waals surface area (Å²) < 4.78 is 5.26. The Morgan fingerprint density at radius 1 is 1.15 bits per heavy atom. The molecule has 34 heavy (non-hydrogen) atoms. The van der Waals surface area contributed by atoms with Crippen molar-refractivity contribution in [1.29, 1.82) is 0 Å². The van der Waals surface area contributed by atoms with Crippen molar-refractivity contribution in [2.75, 3.05) is 29.2 Å². The number of para-hydroxylation sites is 1. The number of hydrogen-bond acceptors (Lipinski definition) is 7. The van der Waals surface area contributed by atoms with E-state index in [-0.39, 0.29) is 18.1 Å². The highest BCUT2D eigenvalue weighted by molar-refractivity contribution is 8.14. The summed E-state index contributed by atoms with van der Waals surface area (Å²) in [7, 11) is 0. The van der Waals surface area contributed by atoms with Gasteiger partial charge in [0, 0.05) is 24.7 Å². The minimum Gasteiger partial charge on any atom is -0.444 e. The van der Waals surface area contributed by atoms with Gasteiger partial charge in [0.1, 0.15) is 5.60 Å². The van der Waals surface area contributed by atoms with Gasteiger partial charge in [-0.3, -0.25) is 25.2 Å². The molecule has 0 radical (unpaired) electrons. The van der Waals surface area contributed by atoms with Gasteiger partial charge in [-0.25, -0.2) is 4.79 Å². The second-order valence-electron chi connectivity index (χ2n) is 8.86. The summed E-state index contributed by atoms with van der Waals surface area (Å²) in [5.41, 5.74) is 6.04. The highest BCUT2D eigenvalue weighted by Gasteiger charge is 2.24. The molecular weight excluding hydrogens is 476 g/mol. The molecule has 188 valence electrons. The van der Waals surface area contributed by atoms with Crippen LogP contribution in [0.5, 0.6) is 0 Å². The Bertz CT molecular complexity index is 875. The van der Waals surface area contributed by atoms with Gasteiger partial charge in [0.2, 0.25) is 11.8 Å². The summed E-state index contributed by atoms with van der Waals surface area (Å²) >= 11 is 2.40. The molecule has 0 saturated heterocycles. The van der Waals surface area contributed by atoms with Crippen LogP contribution in [-0.4, -0.2) is 59.1 Å². The van der Waals surface area contributed by atoms with E-state index in [0.717, 1.165) is 41.6 Å². The molecule has 0 fully saturated rings. The standard InChI is InChI=1S/C23H34N4O5S2/c1-23(2,3)32-21(30)24-17(11-13-33-4)14-19(28)25-26-22(31)34-15-20(29)27-12-7-9-16-8-5-6-10-18(16)27/h5-6,8,10,17H,7,9,11-15H2,1-4H3,(H,24,30)(H,25,28)(H,26,31)/t17-/m0/s1. The van der Waals surface area contributed by atoms with Crippen LogP contribution >= 0.6 is 23.5 Å². The third kappa shape index (κ3) is 9.84. The molecule has 3 N–H and O–H groups in total. The molecule has 4 amide bonds. The van der Waals surface area contributed by atoms with Crippen molar-refractivity contribution in [3.63, 3.8) is 0 Å². The highest BCUT2D eigenvalue weighted by Crippen LogP contribution is 2.27. The first-order chi connectivity index (χ1) is 16.1. The Balaban J connectivity index is 1.77. The minimum absolute atomic E-state index is 0.0196. The fraction of sp³-hybridized carbons (Fsp3) is 0.565. The molecule has 1 aromatic carbocycles. The van der Waals surface area contributed by atoms with Gasteiger partial charge in [0.05, 0.1) is 5.75 Å². The predicted molar refractivity (Wildman–Crippen MR) is 137 cm³/mol. The Morgan fingerprint density at radius 3 is 2.59 bits per heavy atom. The molecular formula is C23H34N4O5S2. The molecule has 2 rings (SSSR count). The Hall–Kier alpha value is -2.40. The quantitative estimate of drug-likeness (QED) is 0.459. The number of aryl methyl sites for hydroxylation is 1. The second kappa shape index (κ2) is 13.5. The maximum atomic E-state index is 12.6. The van der Waals surface area contributed by atoms with Gasteiger partial charge in [-0.05, 0) is 63.7 Å². The van der Waals surface area contributed by atoms with Crippen LogP contribution in [0.25, 0.3) is 0 Å². The van der Waals surface area contributed by atoms with Crippen LogP contribution in [0, 0.1) is 0 Å². The number of hydrazine groups is 1. The van der Waals surface area contributed by atoms with Gasteiger partial charge in [-0.1, -0.05) is 30.0 Å². The molecule has 9 nitrogen and oxygen atoms in total. The zero-order chi connectivity index (χ0) is 25.1. The molecule has 0 aromatic heterocycles. The number of benzene rings is 1. The molecule has 1 aliphatic heterocycles. The molecule has 1 aliphatic rings. The van der Waals surface area contributed by atoms with Crippen molar-refractivity contribution >= 4 is 52.4 Å². The topological polar surface area (TPSA) is 117 Å². The number of ether oxygens (including phenoxy) is 1. The zero-order valence-electron chi connectivity index (χ0n) is 20.1. The lowest BCUT2D eigenvalue weighted by Crippen LogP contribution is -2.46. The van der Waals surface area contributed by atoms with Gasteiger partial charge < -0.3 is 15.0 Å². The molecule has 1 atom stereocenters. The first-order valence-electron chi connectivity index (χ1n) is 11.2. The summed E-state index contributed by atoms with van der Waals surface area (Å²) in [6.45, 7) is 5.91. The van der Waals surface area contributed by atoms with Crippen LogP contribution in [0.3, 0.4) is 0 Å². The van der Waals surface area contributed by atoms with Gasteiger partial charge >= 0.3 is 6.09 Å². The predicted octanol–water partition coefficient (Wildman–Crippen LogP) is 3.48. The third-order valence-corrected chi connectivity index (χ3v) is 6.26. The lowest BCUT2D eigenvalue weighted by molar-refractivity contribution is -0.122. The van der Waals surface area contributed by atoms with E-state index >= 15 is 0 Å². The fourth-order valence-corrected chi connectivity index (χ4v) is 4.44. The van der Waals surface area contributed by atoms with Crippen molar-refractivity contribution in [2.45, 2.75) is 58.1 Å². The maximum absolute atomic E-state index is 12.6. The Kier molecular flexibility index (Phi) is 11.0. The molecule has 11 heteroatoms. The Morgan fingerprint density at radius 2 is 1.88 bits per heavy atom. The van der Waals surface area contributed by atoms with Crippen LogP contribution in [0.4, 0.5) is 15.3 Å². The van der Waals surface area contributed by atoms with Crippen LogP contribution < -0.4 is 21.1 Å². The summed E-state index contributed by atoms with van der Waals surface area (Å²) in [6, 6.07) is 7.33. The van der Waals surface area contributed by atoms with E-state index in [1.54, 1.807) is 37.4 Å². The van der Waals surface area contributed by atoms with Crippen molar-refractivity contribution in [3.8, 4) is 0 Å². The summed E-state index contributed by atoms with van der Waals surface area (Å²) in [5, 5.41) is 2.17. The number of rotatable bonds is 8. The monoisotopic (exact) mass is 510 g/mol. The average molecular weight is 511 g/mol. The number of thioether (sulfide) groups is 2. The van der Waals surface area contributed by atoms with Crippen molar-refractivity contribution in [1.82, 2.24) is 16.2 Å². The van der Waals surface area contributed by atoms with Gasteiger partial charge in [-0.15, -0.1) is 0 Å². The maximum Gasteiger partial charge on any atom is 0.407 e. The fourth-order valence-electron chi connectivity index (χ4n) is 3.39. The van der Waals surface area contributed by atoms with Gasteiger partial charge in [0.15, 0.2) is 0 Å². The first-order valence-corrected chi connectivity index (χ1v) is 13.6. The number of nitrogens with one attached hydrogen (secondary N) is 3. The van der Waals surface area contributed by atoms with Crippen LogP contribution in [0.2, 0.25) is 0 Å². The van der Waals surface area contributed by atoms with E-state index in [2.05, 4.69) is 16.2 Å².